The zero-order valence-electron chi connectivity index (χ0n) is 15.6. The van der Waals surface area contributed by atoms with Crippen molar-refractivity contribution in [3.05, 3.63) is 59.7 Å². The fourth-order valence-electron chi connectivity index (χ4n) is 2.69. The van der Waals surface area contributed by atoms with Crippen molar-refractivity contribution in [3.63, 3.8) is 0 Å². The molecule has 0 spiro atoms. The third-order valence-corrected chi connectivity index (χ3v) is 5.18. The lowest BCUT2D eigenvalue weighted by Crippen LogP contribution is -2.45. The van der Waals surface area contributed by atoms with Gasteiger partial charge in [-0.05, 0) is 43.7 Å². The van der Waals surface area contributed by atoms with Gasteiger partial charge in [0.25, 0.3) is 0 Å². The molecule has 0 aromatic heterocycles. The predicted molar refractivity (Wildman–Crippen MR) is 104 cm³/mol. The number of carbonyl (C=O) groups excluding carboxylic acids is 2. The van der Waals surface area contributed by atoms with Crippen molar-refractivity contribution in [1.29, 1.82) is 0 Å². The van der Waals surface area contributed by atoms with Crippen LogP contribution in [0.4, 0.5) is 11.4 Å². The lowest BCUT2D eigenvalue weighted by molar-refractivity contribution is -0.116. The van der Waals surface area contributed by atoms with Crippen LogP contribution in [0.15, 0.2) is 48.5 Å². The van der Waals surface area contributed by atoms with Crippen LogP contribution in [0, 0.1) is 6.92 Å². The number of sulfonamides is 1. The van der Waals surface area contributed by atoms with Gasteiger partial charge < -0.3 is 10.1 Å². The molecule has 1 atom stereocenters. The van der Waals surface area contributed by atoms with Gasteiger partial charge in [-0.15, -0.1) is 0 Å². The third kappa shape index (κ3) is 4.85. The molecule has 7 nitrogen and oxygen atoms in total. The van der Waals surface area contributed by atoms with Gasteiger partial charge >= 0.3 is 5.97 Å². The standard InChI is InChI=1S/C19H22N2O5S/c1-13-8-7-9-15(12-13)21(27(4,24)25)14(2)18(22)20-17-11-6-5-10-16(17)19(23)26-3/h5-12,14H,1-4H3,(H,20,22)/t14-/m0/s1. The fraction of sp³-hybridized carbons (Fsp3) is 0.263. The number of anilines is 2. The van der Waals surface area contributed by atoms with E-state index in [1.807, 2.05) is 13.0 Å². The van der Waals surface area contributed by atoms with Crippen molar-refractivity contribution in [3.8, 4) is 0 Å². The van der Waals surface area contributed by atoms with Crippen LogP contribution in [0.5, 0.6) is 0 Å². The summed E-state index contributed by atoms with van der Waals surface area (Å²) in [5.41, 5.74) is 1.69. The molecule has 0 radical (unpaired) electrons. The van der Waals surface area contributed by atoms with Gasteiger partial charge in [-0.1, -0.05) is 24.3 Å². The minimum absolute atomic E-state index is 0.182. The number of benzene rings is 2. The van der Waals surface area contributed by atoms with Gasteiger partial charge in [0, 0.05) is 0 Å². The Morgan fingerprint density at radius 2 is 1.78 bits per heavy atom. The monoisotopic (exact) mass is 390 g/mol. The Balaban J connectivity index is 2.36. The number of esters is 1. The maximum Gasteiger partial charge on any atom is 0.339 e. The zero-order chi connectivity index (χ0) is 20.2. The second kappa shape index (κ2) is 8.22. The highest BCUT2D eigenvalue weighted by Crippen LogP contribution is 2.23. The van der Waals surface area contributed by atoms with E-state index in [4.69, 9.17) is 4.74 Å². The summed E-state index contributed by atoms with van der Waals surface area (Å²) in [5.74, 6) is -1.17. The molecular weight excluding hydrogens is 368 g/mol. The number of carbonyl (C=O) groups is 2. The summed E-state index contributed by atoms with van der Waals surface area (Å²) < 4.78 is 30.4. The molecule has 0 saturated heterocycles. The summed E-state index contributed by atoms with van der Waals surface area (Å²) >= 11 is 0. The number of nitrogens with zero attached hydrogens (tertiary/aromatic N) is 1. The first-order chi connectivity index (χ1) is 12.6. The number of aryl methyl sites for hydroxylation is 1. The normalized spacial score (nSPS) is 12.1. The Kier molecular flexibility index (Phi) is 6.22. The molecule has 0 fully saturated rings. The number of hydrogen-bond acceptors (Lipinski definition) is 5. The van der Waals surface area contributed by atoms with E-state index in [2.05, 4.69) is 5.32 Å². The van der Waals surface area contributed by atoms with Crippen molar-refractivity contribution in [1.82, 2.24) is 0 Å². The number of amides is 1. The van der Waals surface area contributed by atoms with Crippen LogP contribution in [0.1, 0.15) is 22.8 Å². The highest BCUT2D eigenvalue weighted by Gasteiger charge is 2.29. The van der Waals surface area contributed by atoms with E-state index in [0.29, 0.717) is 5.69 Å². The van der Waals surface area contributed by atoms with Crippen LogP contribution in [-0.2, 0) is 19.6 Å². The lowest BCUT2D eigenvalue weighted by Gasteiger charge is -2.28. The topological polar surface area (TPSA) is 92.8 Å². The number of ether oxygens (including phenoxy) is 1. The minimum Gasteiger partial charge on any atom is -0.465 e. The van der Waals surface area contributed by atoms with Crippen molar-refractivity contribution in [2.75, 3.05) is 23.0 Å². The van der Waals surface area contributed by atoms with Gasteiger partial charge in [-0.25, -0.2) is 13.2 Å². The number of methoxy groups -OCH3 is 1. The number of para-hydroxylation sites is 1. The second-order valence-corrected chi connectivity index (χ2v) is 7.96. The van der Waals surface area contributed by atoms with Gasteiger partial charge in [0.2, 0.25) is 15.9 Å². The van der Waals surface area contributed by atoms with Crippen LogP contribution < -0.4 is 9.62 Å². The van der Waals surface area contributed by atoms with Crippen molar-refractivity contribution in [2.24, 2.45) is 0 Å². The van der Waals surface area contributed by atoms with Gasteiger partial charge in [-0.2, -0.15) is 0 Å². The molecule has 144 valence electrons. The summed E-state index contributed by atoms with van der Waals surface area (Å²) in [7, 11) is -2.48. The highest BCUT2D eigenvalue weighted by molar-refractivity contribution is 7.92. The molecule has 0 aliphatic carbocycles. The summed E-state index contributed by atoms with van der Waals surface area (Å²) in [6.07, 6.45) is 1.04. The summed E-state index contributed by atoms with van der Waals surface area (Å²) in [6, 6.07) is 12.2. The molecule has 0 aliphatic rings. The first kappa shape index (κ1) is 20.4. The molecule has 0 heterocycles. The molecule has 2 aromatic carbocycles. The maximum atomic E-state index is 12.8. The first-order valence-corrected chi connectivity index (χ1v) is 10.0. The molecule has 1 amide bonds. The molecule has 8 heteroatoms. The number of nitrogens with one attached hydrogen (secondary N) is 1. The Bertz CT molecular complexity index is 956. The van der Waals surface area contributed by atoms with Gasteiger partial charge in [0.15, 0.2) is 0 Å². The number of rotatable bonds is 6. The fourth-order valence-corrected chi connectivity index (χ4v) is 3.86. The summed E-state index contributed by atoms with van der Waals surface area (Å²) in [4.78, 5) is 24.6. The molecule has 2 rings (SSSR count). The summed E-state index contributed by atoms with van der Waals surface area (Å²) in [6.45, 7) is 3.32. The van der Waals surface area contributed by atoms with Crippen molar-refractivity contribution >= 4 is 33.3 Å². The third-order valence-electron chi connectivity index (χ3n) is 3.93. The van der Waals surface area contributed by atoms with Crippen LogP contribution in [-0.4, -0.2) is 39.7 Å². The first-order valence-electron chi connectivity index (χ1n) is 8.19. The lowest BCUT2D eigenvalue weighted by atomic mass is 10.1. The van der Waals surface area contributed by atoms with Gasteiger partial charge in [0.05, 0.1) is 30.3 Å². The van der Waals surface area contributed by atoms with E-state index in [-0.39, 0.29) is 11.3 Å². The van der Waals surface area contributed by atoms with E-state index < -0.39 is 27.9 Å². The molecular formula is C19H22N2O5S. The van der Waals surface area contributed by atoms with Crippen LogP contribution in [0.3, 0.4) is 0 Å². The minimum atomic E-state index is -3.72. The van der Waals surface area contributed by atoms with Gasteiger partial charge in [-0.3, -0.25) is 9.10 Å². The Hall–Kier alpha value is -2.87. The average molecular weight is 390 g/mol. The van der Waals surface area contributed by atoms with E-state index >= 15 is 0 Å². The molecule has 0 bridgehead atoms. The van der Waals surface area contributed by atoms with Crippen LogP contribution in [0.2, 0.25) is 0 Å². The van der Waals surface area contributed by atoms with E-state index in [1.54, 1.807) is 36.4 Å². The predicted octanol–water partition coefficient (Wildman–Crippen LogP) is 2.57. The van der Waals surface area contributed by atoms with Crippen LogP contribution in [0.25, 0.3) is 0 Å². The van der Waals surface area contributed by atoms with E-state index in [9.17, 15) is 18.0 Å². The SMILES string of the molecule is COC(=O)c1ccccc1NC(=O)[C@H](C)N(c1cccc(C)c1)S(C)(=O)=O. The second-order valence-electron chi connectivity index (χ2n) is 6.10. The molecule has 2 aromatic rings. The van der Waals surface area contributed by atoms with E-state index in [0.717, 1.165) is 16.1 Å². The zero-order valence-corrected chi connectivity index (χ0v) is 16.4. The largest absolute Gasteiger partial charge is 0.465 e. The molecule has 1 N–H and O–H groups in total. The Morgan fingerprint density at radius 1 is 1.11 bits per heavy atom. The average Bonchev–Trinajstić information content (AvgIpc) is 2.60. The quantitative estimate of drug-likeness (QED) is 0.765. The van der Waals surface area contributed by atoms with Crippen molar-refractivity contribution in [2.45, 2.75) is 19.9 Å². The van der Waals surface area contributed by atoms with E-state index in [1.165, 1.54) is 20.1 Å². The smallest absolute Gasteiger partial charge is 0.339 e. The van der Waals surface area contributed by atoms with Gasteiger partial charge in [0.1, 0.15) is 6.04 Å². The molecule has 0 aliphatic heterocycles. The highest BCUT2D eigenvalue weighted by atomic mass is 32.2. The Morgan fingerprint density at radius 3 is 2.37 bits per heavy atom. The molecule has 0 saturated carbocycles. The summed E-state index contributed by atoms with van der Waals surface area (Å²) in [5, 5.41) is 2.62. The van der Waals surface area contributed by atoms with Crippen LogP contribution >= 0.6 is 0 Å². The molecule has 27 heavy (non-hydrogen) atoms. The molecule has 0 unspecified atom stereocenters. The maximum absolute atomic E-state index is 12.8. The van der Waals surface area contributed by atoms with Crippen molar-refractivity contribution < 1.29 is 22.7 Å². The Labute approximate surface area is 159 Å². The number of hydrogen-bond donors (Lipinski definition) is 1.